The Kier molecular flexibility index (Phi) is 5.95. The van der Waals surface area contributed by atoms with Crippen LogP contribution in [0.15, 0.2) is 12.2 Å². The summed E-state index contributed by atoms with van der Waals surface area (Å²) in [5.74, 6) is 3.74. The largest absolute Gasteiger partial charge is 0.193 e. The second kappa shape index (κ2) is 7.73. The summed E-state index contributed by atoms with van der Waals surface area (Å²) in [6.45, 7) is 2.32. The molecule has 106 valence electrons. The Labute approximate surface area is 119 Å². The Morgan fingerprint density at radius 1 is 0.947 bits per heavy atom. The zero-order valence-electron chi connectivity index (χ0n) is 12.5. The molecule has 2 aliphatic rings. The van der Waals surface area contributed by atoms with Crippen LogP contribution in [0.25, 0.3) is 0 Å². The molecule has 0 heterocycles. The molecule has 0 bridgehead atoms. The summed E-state index contributed by atoms with van der Waals surface area (Å²) in [6.07, 6.45) is 18.1. The molecule has 0 aromatic heterocycles. The van der Waals surface area contributed by atoms with Crippen molar-refractivity contribution in [3.63, 3.8) is 0 Å². The maximum Gasteiger partial charge on any atom is 0.0908 e. The van der Waals surface area contributed by atoms with Crippen LogP contribution in [-0.2, 0) is 0 Å². The van der Waals surface area contributed by atoms with Crippen LogP contribution in [0, 0.1) is 35.0 Å². The second-order valence-electron chi connectivity index (χ2n) is 6.73. The predicted octanol–water partition coefficient (Wildman–Crippen LogP) is 5.48. The topological polar surface area (TPSA) is 23.8 Å². The fourth-order valence-electron chi connectivity index (χ4n) is 4.34. The van der Waals surface area contributed by atoms with Gasteiger partial charge in [-0.1, -0.05) is 38.7 Å². The van der Waals surface area contributed by atoms with Gasteiger partial charge in [-0.15, -0.1) is 0 Å². The molecule has 0 aromatic carbocycles. The Morgan fingerprint density at radius 3 is 2.05 bits per heavy atom. The maximum absolute atomic E-state index is 8.58. The molecular weight excluding hydrogens is 230 g/mol. The third kappa shape index (κ3) is 4.37. The van der Waals surface area contributed by atoms with Crippen molar-refractivity contribution >= 4 is 0 Å². The minimum Gasteiger partial charge on any atom is -0.193 e. The van der Waals surface area contributed by atoms with Crippen LogP contribution in [0.1, 0.15) is 71.1 Å². The standard InChI is InChI=1S/C18H29N/c1-2-4-15-6-10-17(11-7-15)18-12-8-16(9-13-18)5-3-14-19/h3,5,15-18H,2,4,6-13H2,1H3/t15-,16-,17-,18-. The van der Waals surface area contributed by atoms with Crippen LogP contribution < -0.4 is 0 Å². The highest BCUT2D eigenvalue weighted by atomic mass is 14.4. The summed E-state index contributed by atoms with van der Waals surface area (Å²) in [7, 11) is 0. The smallest absolute Gasteiger partial charge is 0.0908 e. The minimum atomic E-state index is 0.687. The molecule has 1 nitrogen and oxygen atoms in total. The zero-order chi connectivity index (χ0) is 13.5. The fraction of sp³-hybridized carbons (Fsp3) is 0.833. The van der Waals surface area contributed by atoms with Crippen molar-refractivity contribution in [1.82, 2.24) is 0 Å². The molecule has 2 rings (SSSR count). The Hall–Kier alpha value is -0.770. The maximum atomic E-state index is 8.58. The van der Waals surface area contributed by atoms with Crippen LogP contribution in [0.3, 0.4) is 0 Å². The first kappa shape index (κ1) is 14.6. The third-order valence-electron chi connectivity index (χ3n) is 5.51. The summed E-state index contributed by atoms with van der Waals surface area (Å²) in [6, 6.07) is 2.13. The Bertz CT molecular complexity index is 309. The molecule has 0 spiro atoms. The van der Waals surface area contributed by atoms with E-state index in [1.165, 1.54) is 64.2 Å². The molecule has 0 aromatic rings. The van der Waals surface area contributed by atoms with E-state index in [4.69, 9.17) is 5.26 Å². The van der Waals surface area contributed by atoms with Crippen LogP contribution in [0.2, 0.25) is 0 Å². The number of hydrogen-bond acceptors (Lipinski definition) is 1. The number of hydrogen-bond donors (Lipinski definition) is 0. The van der Waals surface area contributed by atoms with Gasteiger partial charge in [0.15, 0.2) is 0 Å². The summed E-state index contributed by atoms with van der Waals surface area (Å²) in [4.78, 5) is 0. The van der Waals surface area contributed by atoms with Crippen molar-refractivity contribution in [3.05, 3.63) is 12.2 Å². The average Bonchev–Trinajstić information content (AvgIpc) is 2.47. The van der Waals surface area contributed by atoms with Gasteiger partial charge in [-0.3, -0.25) is 0 Å². The molecule has 1 heteroatoms. The van der Waals surface area contributed by atoms with Gasteiger partial charge < -0.3 is 0 Å². The molecular formula is C18H29N. The number of rotatable bonds is 4. The number of allylic oxidation sites excluding steroid dienone is 2. The van der Waals surface area contributed by atoms with E-state index in [0.717, 1.165) is 17.8 Å². The van der Waals surface area contributed by atoms with Crippen molar-refractivity contribution in [2.45, 2.75) is 71.1 Å². The van der Waals surface area contributed by atoms with Crippen LogP contribution in [0.4, 0.5) is 0 Å². The van der Waals surface area contributed by atoms with E-state index in [0.29, 0.717) is 5.92 Å². The lowest BCUT2D eigenvalue weighted by atomic mass is 9.69. The first-order valence-corrected chi connectivity index (χ1v) is 8.39. The normalized spacial score (nSPS) is 36.2. The van der Waals surface area contributed by atoms with E-state index in [1.54, 1.807) is 6.08 Å². The lowest BCUT2D eigenvalue weighted by Crippen LogP contribution is -2.25. The first-order valence-electron chi connectivity index (χ1n) is 8.39. The molecule has 0 amide bonds. The highest BCUT2D eigenvalue weighted by Crippen LogP contribution is 2.42. The van der Waals surface area contributed by atoms with Crippen molar-refractivity contribution in [3.8, 4) is 6.07 Å². The molecule has 19 heavy (non-hydrogen) atoms. The summed E-state index contributed by atoms with van der Waals surface area (Å²) in [5, 5.41) is 8.58. The van der Waals surface area contributed by atoms with Crippen molar-refractivity contribution < 1.29 is 0 Å². The minimum absolute atomic E-state index is 0.687. The van der Waals surface area contributed by atoms with Gasteiger partial charge >= 0.3 is 0 Å². The zero-order valence-corrected chi connectivity index (χ0v) is 12.5. The van der Waals surface area contributed by atoms with Gasteiger partial charge in [0.2, 0.25) is 0 Å². The molecule has 0 unspecified atom stereocenters. The van der Waals surface area contributed by atoms with E-state index in [-0.39, 0.29) is 0 Å². The SMILES string of the molecule is CCC[C@H]1CC[C@H]([C@H]2CC[C@H](C=CC#N)CC2)CC1. The molecule has 0 N–H and O–H groups in total. The van der Waals surface area contributed by atoms with Crippen molar-refractivity contribution in [1.29, 1.82) is 5.26 Å². The van der Waals surface area contributed by atoms with Gasteiger partial charge in [0.05, 0.1) is 6.07 Å². The van der Waals surface area contributed by atoms with Gasteiger partial charge in [0.1, 0.15) is 0 Å². The lowest BCUT2D eigenvalue weighted by molar-refractivity contribution is 0.152. The molecule has 2 fully saturated rings. The fourth-order valence-corrected chi connectivity index (χ4v) is 4.34. The van der Waals surface area contributed by atoms with E-state index < -0.39 is 0 Å². The Balaban J connectivity index is 1.71. The summed E-state index contributed by atoms with van der Waals surface area (Å²) in [5.41, 5.74) is 0. The third-order valence-corrected chi connectivity index (χ3v) is 5.51. The first-order chi connectivity index (χ1) is 9.33. The van der Waals surface area contributed by atoms with Gasteiger partial charge in [0.25, 0.3) is 0 Å². The molecule has 0 radical (unpaired) electrons. The van der Waals surface area contributed by atoms with Crippen LogP contribution in [0.5, 0.6) is 0 Å². The van der Waals surface area contributed by atoms with Crippen molar-refractivity contribution in [2.24, 2.45) is 23.7 Å². The molecule has 0 saturated heterocycles. The monoisotopic (exact) mass is 259 g/mol. The second-order valence-corrected chi connectivity index (χ2v) is 6.73. The summed E-state index contributed by atoms with van der Waals surface area (Å²) < 4.78 is 0. The molecule has 0 atom stereocenters. The Morgan fingerprint density at radius 2 is 1.53 bits per heavy atom. The predicted molar refractivity (Wildman–Crippen MR) is 80.6 cm³/mol. The molecule has 0 aliphatic heterocycles. The molecule has 2 saturated carbocycles. The van der Waals surface area contributed by atoms with Gasteiger partial charge in [-0.2, -0.15) is 5.26 Å². The van der Waals surface area contributed by atoms with Crippen molar-refractivity contribution in [2.75, 3.05) is 0 Å². The van der Waals surface area contributed by atoms with Gasteiger partial charge in [0, 0.05) is 6.08 Å². The van der Waals surface area contributed by atoms with Gasteiger partial charge in [-0.25, -0.2) is 0 Å². The van der Waals surface area contributed by atoms with E-state index >= 15 is 0 Å². The van der Waals surface area contributed by atoms with E-state index in [9.17, 15) is 0 Å². The van der Waals surface area contributed by atoms with Crippen LogP contribution >= 0.6 is 0 Å². The lowest BCUT2D eigenvalue weighted by Gasteiger charge is -2.37. The average molecular weight is 259 g/mol. The number of nitriles is 1. The van der Waals surface area contributed by atoms with E-state index in [2.05, 4.69) is 19.1 Å². The quantitative estimate of drug-likeness (QED) is 0.613. The highest BCUT2D eigenvalue weighted by molar-refractivity contribution is 5.04. The summed E-state index contributed by atoms with van der Waals surface area (Å²) >= 11 is 0. The number of nitrogens with zero attached hydrogens (tertiary/aromatic N) is 1. The van der Waals surface area contributed by atoms with Crippen LogP contribution in [-0.4, -0.2) is 0 Å². The molecule has 2 aliphatic carbocycles. The van der Waals surface area contributed by atoms with E-state index in [1.807, 2.05) is 0 Å². The highest BCUT2D eigenvalue weighted by Gasteiger charge is 2.29. The van der Waals surface area contributed by atoms with Gasteiger partial charge in [-0.05, 0) is 62.2 Å².